The van der Waals surface area contributed by atoms with Gasteiger partial charge in [-0.1, -0.05) is 12.1 Å². The predicted molar refractivity (Wildman–Crippen MR) is 66.7 cm³/mol. The van der Waals surface area contributed by atoms with Crippen LogP contribution in [-0.2, 0) is 0 Å². The Bertz CT molecular complexity index is 414. The molecule has 1 aromatic rings. The first-order chi connectivity index (χ1) is 8.70. The number of aliphatic hydroxyl groups is 1. The highest BCUT2D eigenvalue weighted by molar-refractivity contribution is 5.94. The summed E-state index contributed by atoms with van der Waals surface area (Å²) in [7, 11) is 0. The number of halogens is 1. The fourth-order valence-electron chi connectivity index (χ4n) is 2.40. The Morgan fingerprint density at radius 2 is 1.94 bits per heavy atom. The average molecular weight is 251 g/mol. The molecule has 0 atom stereocenters. The van der Waals surface area contributed by atoms with Crippen molar-refractivity contribution in [2.75, 3.05) is 6.61 Å². The van der Waals surface area contributed by atoms with E-state index in [1.165, 1.54) is 12.1 Å². The number of aliphatic hydroxyl groups excluding tert-OH is 1. The van der Waals surface area contributed by atoms with Gasteiger partial charge in [0.2, 0.25) is 0 Å². The van der Waals surface area contributed by atoms with Crippen molar-refractivity contribution in [2.24, 2.45) is 5.92 Å². The molecule has 1 fully saturated rings. The Hall–Kier alpha value is -1.42. The van der Waals surface area contributed by atoms with E-state index in [2.05, 4.69) is 5.32 Å². The molecule has 18 heavy (non-hydrogen) atoms. The number of carbonyl (C=O) groups excluding carboxylic acids is 1. The maximum atomic E-state index is 13.4. The highest BCUT2D eigenvalue weighted by Gasteiger charge is 2.22. The van der Waals surface area contributed by atoms with Gasteiger partial charge in [-0.2, -0.15) is 0 Å². The van der Waals surface area contributed by atoms with Crippen LogP contribution >= 0.6 is 0 Å². The number of amides is 1. The van der Waals surface area contributed by atoms with Crippen molar-refractivity contribution in [1.29, 1.82) is 0 Å². The Morgan fingerprint density at radius 3 is 2.56 bits per heavy atom. The summed E-state index contributed by atoms with van der Waals surface area (Å²) in [4.78, 5) is 11.9. The molecule has 0 saturated heterocycles. The molecule has 2 N–H and O–H groups in total. The average Bonchev–Trinajstić information content (AvgIpc) is 2.40. The molecule has 0 radical (unpaired) electrons. The lowest BCUT2D eigenvalue weighted by molar-refractivity contribution is 0.0910. The minimum atomic E-state index is -0.487. The van der Waals surface area contributed by atoms with E-state index in [0.29, 0.717) is 5.92 Å². The molecule has 0 heterocycles. The summed E-state index contributed by atoms with van der Waals surface area (Å²) in [5.74, 6) is -0.480. The zero-order valence-electron chi connectivity index (χ0n) is 10.2. The van der Waals surface area contributed by atoms with Gasteiger partial charge in [-0.05, 0) is 43.7 Å². The Labute approximate surface area is 106 Å². The Kier molecular flexibility index (Phi) is 4.31. The van der Waals surface area contributed by atoms with E-state index in [9.17, 15) is 9.18 Å². The number of hydrogen-bond donors (Lipinski definition) is 2. The summed E-state index contributed by atoms with van der Waals surface area (Å²) in [6.45, 7) is 0.216. The smallest absolute Gasteiger partial charge is 0.254 e. The zero-order valence-corrected chi connectivity index (χ0v) is 10.2. The summed E-state index contributed by atoms with van der Waals surface area (Å²) in [5, 5.41) is 11.9. The SMILES string of the molecule is O=C(NC1CCC(CO)CC1)c1ccccc1F. The van der Waals surface area contributed by atoms with Crippen LogP contribution in [0.5, 0.6) is 0 Å². The molecule has 1 amide bonds. The minimum Gasteiger partial charge on any atom is -0.396 e. The fraction of sp³-hybridized carbons (Fsp3) is 0.500. The van der Waals surface area contributed by atoms with Crippen LogP contribution in [0.25, 0.3) is 0 Å². The molecule has 1 aliphatic rings. The van der Waals surface area contributed by atoms with Crippen molar-refractivity contribution in [3.8, 4) is 0 Å². The standard InChI is InChI=1S/C14H18FNO2/c15-13-4-2-1-3-12(13)14(18)16-11-7-5-10(9-17)6-8-11/h1-4,10-11,17H,5-9H2,(H,16,18). The first-order valence-electron chi connectivity index (χ1n) is 6.37. The first-order valence-corrected chi connectivity index (χ1v) is 6.37. The van der Waals surface area contributed by atoms with Crippen LogP contribution in [-0.4, -0.2) is 23.7 Å². The quantitative estimate of drug-likeness (QED) is 0.864. The lowest BCUT2D eigenvalue weighted by atomic mass is 9.86. The van der Waals surface area contributed by atoms with Crippen molar-refractivity contribution >= 4 is 5.91 Å². The second-order valence-electron chi connectivity index (χ2n) is 4.85. The molecule has 4 heteroatoms. The van der Waals surface area contributed by atoms with Gasteiger partial charge in [-0.3, -0.25) is 4.79 Å². The van der Waals surface area contributed by atoms with E-state index in [-0.39, 0.29) is 24.1 Å². The fourth-order valence-corrected chi connectivity index (χ4v) is 2.40. The molecule has 1 aliphatic carbocycles. The van der Waals surface area contributed by atoms with E-state index in [1.54, 1.807) is 12.1 Å². The van der Waals surface area contributed by atoms with Crippen LogP contribution in [0.1, 0.15) is 36.0 Å². The third-order valence-corrected chi connectivity index (χ3v) is 3.56. The predicted octanol–water partition coefficient (Wildman–Crippen LogP) is 2.11. The number of benzene rings is 1. The minimum absolute atomic E-state index is 0.0971. The lowest BCUT2D eigenvalue weighted by Crippen LogP contribution is -2.38. The van der Waals surface area contributed by atoms with E-state index in [0.717, 1.165) is 25.7 Å². The molecule has 0 unspecified atom stereocenters. The summed E-state index contributed by atoms with van der Waals surface area (Å²) >= 11 is 0. The second kappa shape index (κ2) is 5.96. The normalized spacial score (nSPS) is 23.7. The molecule has 1 aromatic carbocycles. The highest BCUT2D eigenvalue weighted by Crippen LogP contribution is 2.24. The molecule has 3 nitrogen and oxygen atoms in total. The molecule has 0 aromatic heterocycles. The van der Waals surface area contributed by atoms with Crippen molar-refractivity contribution < 1.29 is 14.3 Å². The van der Waals surface area contributed by atoms with E-state index < -0.39 is 5.82 Å². The molecule has 0 bridgehead atoms. The molecular weight excluding hydrogens is 233 g/mol. The largest absolute Gasteiger partial charge is 0.396 e. The molecule has 1 saturated carbocycles. The van der Waals surface area contributed by atoms with Crippen LogP contribution in [0, 0.1) is 11.7 Å². The van der Waals surface area contributed by atoms with E-state index in [4.69, 9.17) is 5.11 Å². The zero-order chi connectivity index (χ0) is 13.0. The van der Waals surface area contributed by atoms with Gasteiger partial charge in [-0.15, -0.1) is 0 Å². The number of nitrogens with one attached hydrogen (secondary N) is 1. The van der Waals surface area contributed by atoms with Gasteiger partial charge < -0.3 is 10.4 Å². The van der Waals surface area contributed by atoms with Gasteiger partial charge >= 0.3 is 0 Å². The van der Waals surface area contributed by atoms with E-state index >= 15 is 0 Å². The Morgan fingerprint density at radius 1 is 1.28 bits per heavy atom. The van der Waals surface area contributed by atoms with Crippen LogP contribution in [0.3, 0.4) is 0 Å². The molecular formula is C14H18FNO2. The van der Waals surface area contributed by atoms with Crippen molar-refractivity contribution in [2.45, 2.75) is 31.7 Å². The lowest BCUT2D eigenvalue weighted by Gasteiger charge is -2.27. The monoisotopic (exact) mass is 251 g/mol. The highest BCUT2D eigenvalue weighted by atomic mass is 19.1. The number of carbonyl (C=O) groups is 1. The third kappa shape index (κ3) is 3.07. The van der Waals surface area contributed by atoms with Crippen molar-refractivity contribution in [1.82, 2.24) is 5.32 Å². The van der Waals surface area contributed by atoms with Gasteiger partial charge in [0.25, 0.3) is 5.91 Å². The van der Waals surface area contributed by atoms with E-state index in [1.807, 2.05) is 0 Å². The summed E-state index contributed by atoms with van der Waals surface area (Å²) in [6, 6.07) is 6.10. The van der Waals surface area contributed by atoms with Gasteiger partial charge in [0.1, 0.15) is 5.82 Å². The summed E-state index contributed by atoms with van der Waals surface area (Å²) in [5.41, 5.74) is 0.0989. The van der Waals surface area contributed by atoms with Crippen LogP contribution in [0.2, 0.25) is 0 Å². The maximum absolute atomic E-state index is 13.4. The van der Waals surface area contributed by atoms with Crippen LogP contribution in [0.4, 0.5) is 4.39 Å². The van der Waals surface area contributed by atoms with Gasteiger partial charge in [0.15, 0.2) is 0 Å². The Balaban J connectivity index is 1.91. The summed E-state index contributed by atoms with van der Waals surface area (Å²) < 4.78 is 13.4. The van der Waals surface area contributed by atoms with Crippen molar-refractivity contribution in [3.05, 3.63) is 35.6 Å². The second-order valence-corrected chi connectivity index (χ2v) is 4.85. The van der Waals surface area contributed by atoms with Gasteiger partial charge in [-0.25, -0.2) is 4.39 Å². The molecule has 0 aliphatic heterocycles. The van der Waals surface area contributed by atoms with Crippen LogP contribution < -0.4 is 5.32 Å². The maximum Gasteiger partial charge on any atom is 0.254 e. The number of hydrogen-bond acceptors (Lipinski definition) is 2. The molecule has 0 spiro atoms. The van der Waals surface area contributed by atoms with Crippen molar-refractivity contribution in [3.63, 3.8) is 0 Å². The first kappa shape index (κ1) is 13.0. The van der Waals surface area contributed by atoms with Gasteiger partial charge in [0, 0.05) is 12.6 Å². The van der Waals surface area contributed by atoms with Gasteiger partial charge in [0.05, 0.1) is 5.56 Å². The molecule has 2 rings (SSSR count). The topological polar surface area (TPSA) is 49.3 Å². The third-order valence-electron chi connectivity index (χ3n) is 3.56. The summed E-state index contributed by atoms with van der Waals surface area (Å²) in [6.07, 6.45) is 3.54. The van der Waals surface area contributed by atoms with Crippen LogP contribution in [0.15, 0.2) is 24.3 Å². The number of rotatable bonds is 3. The molecule has 98 valence electrons.